The highest BCUT2D eigenvalue weighted by atomic mass is 16.1. The van der Waals surface area contributed by atoms with Gasteiger partial charge in [-0.1, -0.05) is 30.3 Å². The molecule has 3 heteroatoms. The van der Waals surface area contributed by atoms with Crippen molar-refractivity contribution in [3.63, 3.8) is 0 Å². The quantitative estimate of drug-likeness (QED) is 0.915. The van der Waals surface area contributed by atoms with E-state index in [0.29, 0.717) is 5.56 Å². The molecule has 0 unspecified atom stereocenters. The lowest BCUT2D eigenvalue weighted by Crippen LogP contribution is -2.16. The summed E-state index contributed by atoms with van der Waals surface area (Å²) in [4.78, 5) is 13.5. The van der Waals surface area contributed by atoms with E-state index in [1.165, 1.54) is 0 Å². The Morgan fingerprint density at radius 2 is 1.68 bits per heavy atom. The summed E-state index contributed by atoms with van der Waals surface area (Å²) in [7, 11) is 3.98. The van der Waals surface area contributed by atoms with Crippen LogP contribution in [-0.2, 0) is 0 Å². The van der Waals surface area contributed by atoms with Gasteiger partial charge in [-0.2, -0.15) is 0 Å². The monoisotopic (exact) mass is 254 g/mol. The Morgan fingerprint density at radius 1 is 1.05 bits per heavy atom. The van der Waals surface area contributed by atoms with Crippen molar-refractivity contribution in [1.82, 2.24) is 0 Å². The fourth-order valence-electron chi connectivity index (χ4n) is 2.31. The standard InChI is InChI=1S/C16H18N2O/c1-11-13(16(17)19)9-10-14(18(2)3)15(11)12-7-5-4-6-8-12/h4-10H,1-3H3,(H2,17,19). The minimum absolute atomic E-state index is 0.389. The molecule has 3 nitrogen and oxygen atoms in total. The molecule has 0 spiro atoms. The van der Waals surface area contributed by atoms with Crippen molar-refractivity contribution < 1.29 is 4.79 Å². The second-order valence-electron chi connectivity index (χ2n) is 4.76. The molecule has 0 aliphatic heterocycles. The Balaban J connectivity index is 2.74. The van der Waals surface area contributed by atoms with Crippen LogP contribution in [0, 0.1) is 6.92 Å². The van der Waals surface area contributed by atoms with Crippen molar-refractivity contribution in [3.8, 4) is 11.1 Å². The Morgan fingerprint density at radius 3 is 2.21 bits per heavy atom. The maximum atomic E-state index is 11.5. The highest BCUT2D eigenvalue weighted by Crippen LogP contribution is 2.34. The Hall–Kier alpha value is -2.29. The molecule has 0 heterocycles. The first-order valence-electron chi connectivity index (χ1n) is 6.18. The van der Waals surface area contributed by atoms with Crippen molar-refractivity contribution >= 4 is 11.6 Å². The number of nitrogens with two attached hydrogens (primary N) is 1. The van der Waals surface area contributed by atoms with Gasteiger partial charge in [-0.3, -0.25) is 4.79 Å². The molecule has 0 saturated heterocycles. The predicted molar refractivity (Wildman–Crippen MR) is 79.5 cm³/mol. The fraction of sp³-hybridized carbons (Fsp3) is 0.188. The Labute approximate surface area is 113 Å². The molecule has 0 aromatic heterocycles. The predicted octanol–water partition coefficient (Wildman–Crippen LogP) is 2.83. The first kappa shape index (κ1) is 13.1. The molecule has 0 aliphatic carbocycles. The van der Waals surface area contributed by atoms with E-state index in [0.717, 1.165) is 22.4 Å². The smallest absolute Gasteiger partial charge is 0.248 e. The molecule has 2 aromatic carbocycles. The van der Waals surface area contributed by atoms with Crippen LogP contribution in [-0.4, -0.2) is 20.0 Å². The van der Waals surface area contributed by atoms with E-state index < -0.39 is 0 Å². The lowest BCUT2D eigenvalue weighted by Gasteiger charge is -2.21. The first-order chi connectivity index (χ1) is 9.02. The largest absolute Gasteiger partial charge is 0.377 e. The molecule has 0 aliphatic rings. The molecule has 2 aromatic rings. The molecular weight excluding hydrogens is 236 g/mol. The fourth-order valence-corrected chi connectivity index (χ4v) is 2.31. The van der Waals surface area contributed by atoms with E-state index in [9.17, 15) is 4.79 Å². The highest BCUT2D eigenvalue weighted by Gasteiger charge is 2.15. The summed E-state index contributed by atoms with van der Waals surface area (Å²) < 4.78 is 0. The number of amides is 1. The van der Waals surface area contributed by atoms with Gasteiger partial charge in [-0.25, -0.2) is 0 Å². The van der Waals surface area contributed by atoms with Crippen LogP contribution in [0.5, 0.6) is 0 Å². The summed E-state index contributed by atoms with van der Waals surface area (Å²) in [6, 6.07) is 13.8. The Kier molecular flexibility index (Phi) is 3.56. The van der Waals surface area contributed by atoms with Crippen LogP contribution < -0.4 is 10.6 Å². The third-order valence-corrected chi connectivity index (χ3v) is 3.25. The molecule has 2 N–H and O–H groups in total. The van der Waals surface area contributed by atoms with Gasteiger partial charge in [0, 0.05) is 30.9 Å². The zero-order valence-electron chi connectivity index (χ0n) is 11.5. The average molecular weight is 254 g/mol. The van der Waals surface area contributed by atoms with Gasteiger partial charge in [0.15, 0.2) is 0 Å². The lowest BCUT2D eigenvalue weighted by molar-refractivity contribution is 0.1000. The average Bonchev–Trinajstić information content (AvgIpc) is 2.38. The van der Waals surface area contributed by atoms with E-state index in [-0.39, 0.29) is 5.91 Å². The molecule has 2 rings (SSSR count). The van der Waals surface area contributed by atoms with E-state index >= 15 is 0 Å². The number of anilines is 1. The first-order valence-corrected chi connectivity index (χ1v) is 6.18. The highest BCUT2D eigenvalue weighted by molar-refractivity contribution is 5.98. The molecule has 0 saturated carbocycles. The zero-order valence-corrected chi connectivity index (χ0v) is 11.5. The van der Waals surface area contributed by atoms with Crippen LogP contribution >= 0.6 is 0 Å². The van der Waals surface area contributed by atoms with Crippen molar-refractivity contribution in [2.75, 3.05) is 19.0 Å². The molecule has 19 heavy (non-hydrogen) atoms. The molecule has 0 radical (unpaired) electrons. The van der Waals surface area contributed by atoms with Crippen LogP contribution in [0.25, 0.3) is 11.1 Å². The van der Waals surface area contributed by atoms with E-state index in [1.807, 2.05) is 62.3 Å². The number of carbonyl (C=O) groups is 1. The third-order valence-electron chi connectivity index (χ3n) is 3.25. The molecule has 0 atom stereocenters. The minimum atomic E-state index is -0.389. The van der Waals surface area contributed by atoms with Crippen molar-refractivity contribution in [2.24, 2.45) is 5.73 Å². The SMILES string of the molecule is Cc1c(C(N)=O)ccc(N(C)C)c1-c1ccccc1. The van der Waals surface area contributed by atoms with Gasteiger partial charge in [-0.15, -0.1) is 0 Å². The summed E-state index contributed by atoms with van der Waals surface area (Å²) in [5.41, 5.74) is 10.2. The second-order valence-corrected chi connectivity index (χ2v) is 4.76. The summed E-state index contributed by atoms with van der Waals surface area (Å²) in [5.74, 6) is -0.389. The lowest BCUT2D eigenvalue weighted by atomic mass is 9.94. The second kappa shape index (κ2) is 5.14. The summed E-state index contributed by atoms with van der Waals surface area (Å²) in [6.07, 6.45) is 0. The van der Waals surface area contributed by atoms with Crippen LogP contribution in [0.15, 0.2) is 42.5 Å². The minimum Gasteiger partial charge on any atom is -0.377 e. The summed E-state index contributed by atoms with van der Waals surface area (Å²) in [6.45, 7) is 1.94. The number of nitrogens with zero attached hydrogens (tertiary/aromatic N) is 1. The number of carbonyl (C=O) groups excluding carboxylic acids is 1. The van der Waals surface area contributed by atoms with Gasteiger partial charge >= 0.3 is 0 Å². The Bertz CT molecular complexity index is 604. The van der Waals surface area contributed by atoms with Crippen LogP contribution in [0.3, 0.4) is 0 Å². The molecule has 98 valence electrons. The number of hydrogen-bond donors (Lipinski definition) is 1. The van der Waals surface area contributed by atoms with Gasteiger partial charge in [0.25, 0.3) is 0 Å². The normalized spacial score (nSPS) is 10.3. The van der Waals surface area contributed by atoms with E-state index in [2.05, 4.69) is 0 Å². The van der Waals surface area contributed by atoms with Gasteiger partial charge in [0.2, 0.25) is 5.91 Å². The number of benzene rings is 2. The maximum Gasteiger partial charge on any atom is 0.248 e. The molecular formula is C16H18N2O. The molecule has 1 amide bonds. The van der Waals surface area contributed by atoms with Crippen LogP contribution in [0.1, 0.15) is 15.9 Å². The van der Waals surface area contributed by atoms with Crippen molar-refractivity contribution in [1.29, 1.82) is 0 Å². The van der Waals surface area contributed by atoms with Crippen molar-refractivity contribution in [2.45, 2.75) is 6.92 Å². The number of rotatable bonds is 3. The summed E-state index contributed by atoms with van der Waals surface area (Å²) >= 11 is 0. The topological polar surface area (TPSA) is 46.3 Å². The summed E-state index contributed by atoms with van der Waals surface area (Å²) in [5, 5.41) is 0. The molecule has 0 bridgehead atoms. The van der Waals surface area contributed by atoms with Gasteiger partial charge < -0.3 is 10.6 Å². The maximum absolute atomic E-state index is 11.5. The van der Waals surface area contributed by atoms with Gasteiger partial charge in [0.05, 0.1) is 0 Å². The molecule has 0 fully saturated rings. The van der Waals surface area contributed by atoms with Crippen LogP contribution in [0.2, 0.25) is 0 Å². The number of primary amides is 1. The number of hydrogen-bond acceptors (Lipinski definition) is 2. The van der Waals surface area contributed by atoms with Gasteiger partial charge in [0.1, 0.15) is 0 Å². The van der Waals surface area contributed by atoms with E-state index in [4.69, 9.17) is 5.73 Å². The van der Waals surface area contributed by atoms with Crippen molar-refractivity contribution in [3.05, 3.63) is 53.6 Å². The van der Waals surface area contributed by atoms with Gasteiger partial charge in [-0.05, 0) is 30.2 Å². The zero-order chi connectivity index (χ0) is 14.0. The van der Waals surface area contributed by atoms with E-state index in [1.54, 1.807) is 6.07 Å². The third kappa shape index (κ3) is 2.45. The van der Waals surface area contributed by atoms with Crippen LogP contribution in [0.4, 0.5) is 5.69 Å².